The Morgan fingerprint density at radius 2 is 1.89 bits per heavy atom. The van der Waals surface area contributed by atoms with Gasteiger partial charge < -0.3 is 9.47 Å². The van der Waals surface area contributed by atoms with Crippen molar-refractivity contribution in [1.29, 1.82) is 0 Å². The molecule has 0 bridgehead atoms. The highest BCUT2D eigenvalue weighted by Gasteiger charge is 2.20. The smallest absolute Gasteiger partial charge is 0.387 e. The summed E-state index contributed by atoms with van der Waals surface area (Å²) in [7, 11) is -2.77. The van der Waals surface area contributed by atoms with Crippen molar-refractivity contribution in [3.8, 4) is 11.5 Å². The van der Waals surface area contributed by atoms with E-state index in [1.165, 1.54) is 44.4 Å². The average Bonchev–Trinajstić information content (AvgIpc) is 2.60. The van der Waals surface area contributed by atoms with Gasteiger partial charge in [-0.2, -0.15) is 8.78 Å². The minimum atomic E-state index is -4.03. The van der Waals surface area contributed by atoms with Crippen molar-refractivity contribution in [2.24, 2.45) is 0 Å². The number of benzene rings is 2. The first kappa shape index (κ1) is 20.5. The lowest BCUT2D eigenvalue weighted by atomic mass is 10.2. The molecule has 0 spiro atoms. The Balaban J connectivity index is 2.20. The fourth-order valence-corrected chi connectivity index (χ4v) is 3.27. The van der Waals surface area contributed by atoms with Gasteiger partial charge in [-0.3, -0.25) is 10.1 Å². The largest absolute Gasteiger partial charge is 0.493 e. The van der Waals surface area contributed by atoms with Gasteiger partial charge in [0.2, 0.25) is 10.0 Å². The van der Waals surface area contributed by atoms with Crippen LogP contribution in [0.5, 0.6) is 11.5 Å². The fourth-order valence-electron chi connectivity index (χ4n) is 2.23. The summed E-state index contributed by atoms with van der Waals surface area (Å²) in [6.07, 6.45) is 0. The highest BCUT2D eigenvalue weighted by molar-refractivity contribution is 7.89. The van der Waals surface area contributed by atoms with E-state index >= 15 is 0 Å². The van der Waals surface area contributed by atoms with Crippen LogP contribution in [0.25, 0.3) is 0 Å². The lowest BCUT2D eigenvalue weighted by molar-refractivity contribution is -0.385. The third-order valence-electron chi connectivity index (χ3n) is 3.60. The number of nitrogens with zero attached hydrogens (tertiary/aromatic N) is 1. The van der Waals surface area contributed by atoms with E-state index < -0.39 is 21.6 Å². The Kier molecular flexibility index (Phi) is 6.28. The van der Waals surface area contributed by atoms with Crippen LogP contribution in [-0.2, 0) is 16.6 Å². The predicted molar refractivity (Wildman–Crippen MR) is 91.5 cm³/mol. The normalized spacial score (nSPS) is 11.4. The van der Waals surface area contributed by atoms with Crippen LogP contribution >= 0.6 is 0 Å². The predicted octanol–water partition coefficient (Wildman–Crippen LogP) is 2.99. The minimum Gasteiger partial charge on any atom is -0.493 e. The number of hydrogen-bond donors (Lipinski definition) is 1. The van der Waals surface area contributed by atoms with E-state index in [2.05, 4.69) is 9.46 Å². The second-order valence-electron chi connectivity index (χ2n) is 5.39. The van der Waals surface area contributed by atoms with Gasteiger partial charge in [-0.15, -0.1) is 0 Å². The first-order chi connectivity index (χ1) is 12.6. The highest BCUT2D eigenvalue weighted by atomic mass is 32.2. The minimum absolute atomic E-state index is 0.0120. The van der Waals surface area contributed by atoms with Gasteiger partial charge in [0.15, 0.2) is 11.5 Å². The van der Waals surface area contributed by atoms with Crippen LogP contribution in [0.15, 0.2) is 41.3 Å². The molecule has 0 atom stereocenters. The summed E-state index contributed by atoms with van der Waals surface area (Å²) in [6, 6.07) is 7.53. The Morgan fingerprint density at radius 3 is 2.48 bits per heavy atom. The van der Waals surface area contributed by atoms with Crippen molar-refractivity contribution in [2.75, 3.05) is 7.11 Å². The van der Waals surface area contributed by atoms with Crippen LogP contribution in [0.2, 0.25) is 0 Å². The molecule has 0 fully saturated rings. The lowest BCUT2D eigenvalue weighted by Crippen LogP contribution is -2.23. The van der Waals surface area contributed by atoms with Crippen molar-refractivity contribution in [3.63, 3.8) is 0 Å². The number of nitrogens with one attached hydrogen (secondary N) is 1. The van der Waals surface area contributed by atoms with Gasteiger partial charge in [0.1, 0.15) is 0 Å². The summed E-state index contributed by atoms with van der Waals surface area (Å²) in [4.78, 5) is 10.0. The van der Waals surface area contributed by atoms with Gasteiger partial charge in [-0.1, -0.05) is 12.1 Å². The van der Waals surface area contributed by atoms with Gasteiger partial charge in [0.25, 0.3) is 5.69 Å². The quantitative estimate of drug-likeness (QED) is 0.537. The Morgan fingerprint density at radius 1 is 1.19 bits per heavy atom. The standard InChI is InChI=1S/C16H16F2N2O6S/c1-10-3-5-12(8-13(10)20(21)22)27(23,24)19-9-11-4-6-14(26-16(17)18)15(7-11)25-2/h3-8,16,19H,9H2,1-2H3. The number of nitro groups is 1. The molecule has 8 nitrogen and oxygen atoms in total. The molecule has 1 N–H and O–H groups in total. The van der Waals surface area contributed by atoms with E-state index in [0.717, 1.165) is 6.07 Å². The molecule has 2 aromatic carbocycles. The average molecular weight is 402 g/mol. The number of hydrogen-bond acceptors (Lipinski definition) is 6. The zero-order chi connectivity index (χ0) is 20.2. The van der Waals surface area contributed by atoms with Crippen LogP contribution in [0, 0.1) is 17.0 Å². The molecule has 0 aliphatic heterocycles. The molecule has 27 heavy (non-hydrogen) atoms. The zero-order valence-electron chi connectivity index (χ0n) is 14.3. The van der Waals surface area contributed by atoms with Crippen LogP contribution in [0.3, 0.4) is 0 Å². The molecule has 146 valence electrons. The number of aryl methyl sites for hydroxylation is 1. The third-order valence-corrected chi connectivity index (χ3v) is 5.00. The van der Waals surface area contributed by atoms with E-state index in [0.29, 0.717) is 11.1 Å². The number of rotatable bonds is 8. The fraction of sp³-hybridized carbons (Fsp3) is 0.250. The maximum Gasteiger partial charge on any atom is 0.387 e. The van der Waals surface area contributed by atoms with Gasteiger partial charge in [-0.05, 0) is 30.7 Å². The van der Waals surface area contributed by atoms with Crippen LogP contribution in [0.4, 0.5) is 14.5 Å². The summed E-state index contributed by atoms with van der Waals surface area (Å²) in [5, 5.41) is 11.0. The number of ether oxygens (including phenoxy) is 2. The topological polar surface area (TPSA) is 108 Å². The molecule has 0 heterocycles. The molecule has 0 radical (unpaired) electrons. The van der Waals surface area contributed by atoms with E-state index in [1.807, 2.05) is 0 Å². The Labute approximate surface area is 153 Å². The lowest BCUT2D eigenvalue weighted by Gasteiger charge is -2.12. The maximum absolute atomic E-state index is 12.4. The second-order valence-corrected chi connectivity index (χ2v) is 7.16. The Bertz CT molecular complexity index is 950. The number of nitro benzene ring substituents is 1. The van der Waals surface area contributed by atoms with Crippen molar-refractivity contribution >= 4 is 15.7 Å². The molecule has 0 aliphatic rings. The summed E-state index contributed by atoms with van der Waals surface area (Å²) in [5.41, 5.74) is 0.435. The van der Waals surface area contributed by atoms with Crippen molar-refractivity contribution < 1.29 is 31.6 Å². The van der Waals surface area contributed by atoms with Crippen molar-refractivity contribution in [3.05, 3.63) is 57.6 Å². The van der Waals surface area contributed by atoms with E-state index in [1.54, 1.807) is 0 Å². The van der Waals surface area contributed by atoms with Crippen LogP contribution in [-0.4, -0.2) is 27.1 Å². The number of methoxy groups -OCH3 is 1. The van der Waals surface area contributed by atoms with Crippen molar-refractivity contribution in [2.45, 2.75) is 25.0 Å². The molecular formula is C16H16F2N2O6S. The van der Waals surface area contributed by atoms with E-state index in [9.17, 15) is 27.3 Å². The first-order valence-electron chi connectivity index (χ1n) is 7.50. The first-order valence-corrected chi connectivity index (χ1v) is 8.99. The molecule has 0 amide bonds. The SMILES string of the molecule is COc1cc(CNS(=O)(=O)c2ccc(C)c([N+](=O)[O-])c2)ccc1OC(F)F. The molecule has 0 aromatic heterocycles. The van der Waals surface area contributed by atoms with Crippen molar-refractivity contribution in [1.82, 2.24) is 4.72 Å². The summed E-state index contributed by atoms with van der Waals surface area (Å²) in [6.45, 7) is -1.72. The van der Waals surface area contributed by atoms with Crippen LogP contribution in [0.1, 0.15) is 11.1 Å². The second kappa shape index (κ2) is 8.27. The van der Waals surface area contributed by atoms with Gasteiger partial charge in [-0.25, -0.2) is 13.1 Å². The number of sulfonamides is 1. The maximum atomic E-state index is 12.4. The number of halogens is 2. The van der Waals surface area contributed by atoms with Crippen LogP contribution < -0.4 is 14.2 Å². The van der Waals surface area contributed by atoms with E-state index in [-0.39, 0.29) is 28.6 Å². The van der Waals surface area contributed by atoms with Gasteiger partial charge in [0, 0.05) is 18.2 Å². The molecule has 0 aliphatic carbocycles. The summed E-state index contributed by atoms with van der Waals surface area (Å²) in [5.74, 6) is -0.175. The summed E-state index contributed by atoms with van der Waals surface area (Å²) >= 11 is 0. The van der Waals surface area contributed by atoms with Gasteiger partial charge in [0.05, 0.1) is 16.9 Å². The molecule has 0 saturated carbocycles. The molecule has 0 unspecified atom stereocenters. The molecule has 0 saturated heterocycles. The molecular weight excluding hydrogens is 386 g/mol. The third kappa shape index (κ3) is 5.11. The molecule has 2 aromatic rings. The number of alkyl halides is 2. The molecule has 2 rings (SSSR count). The summed E-state index contributed by atoms with van der Waals surface area (Å²) < 4.78 is 60.9. The monoisotopic (exact) mass is 402 g/mol. The van der Waals surface area contributed by atoms with E-state index in [4.69, 9.17) is 4.74 Å². The highest BCUT2D eigenvalue weighted by Crippen LogP contribution is 2.29. The zero-order valence-corrected chi connectivity index (χ0v) is 15.1. The van der Waals surface area contributed by atoms with Gasteiger partial charge >= 0.3 is 6.61 Å². The molecule has 11 heteroatoms. The Hall–Kier alpha value is -2.79.